The number of ether oxygens (including phenoxy) is 1. The van der Waals surface area contributed by atoms with E-state index < -0.39 is 6.10 Å². The van der Waals surface area contributed by atoms with E-state index >= 15 is 0 Å². The molecular formula is C15H19Cl2NO2. The molecule has 1 atom stereocenters. The molecule has 20 heavy (non-hydrogen) atoms. The zero-order valence-corrected chi connectivity index (χ0v) is 13.0. The van der Waals surface area contributed by atoms with E-state index in [2.05, 4.69) is 5.32 Å². The Labute approximate surface area is 129 Å². The van der Waals surface area contributed by atoms with Gasteiger partial charge >= 0.3 is 0 Å². The second kappa shape index (κ2) is 7.19. The van der Waals surface area contributed by atoms with Gasteiger partial charge in [0, 0.05) is 11.1 Å². The molecule has 0 unspecified atom stereocenters. The molecule has 0 aromatic heterocycles. The van der Waals surface area contributed by atoms with Gasteiger partial charge in [-0.25, -0.2) is 0 Å². The maximum absolute atomic E-state index is 12.1. The fourth-order valence-corrected chi connectivity index (χ4v) is 2.83. The van der Waals surface area contributed by atoms with Crippen molar-refractivity contribution in [2.75, 3.05) is 0 Å². The number of benzene rings is 1. The number of hydrogen-bond donors (Lipinski definition) is 1. The largest absolute Gasteiger partial charge is 0.479 e. The highest BCUT2D eigenvalue weighted by Crippen LogP contribution is 2.28. The third-order valence-electron chi connectivity index (χ3n) is 3.52. The van der Waals surface area contributed by atoms with Gasteiger partial charge < -0.3 is 10.1 Å². The van der Waals surface area contributed by atoms with Crippen molar-refractivity contribution < 1.29 is 9.53 Å². The normalized spacial score (nSPS) is 17.6. The SMILES string of the molecule is C[C@H](Oc1ccc(Cl)cc1Cl)C(=O)NC1CCCCC1. The van der Waals surface area contributed by atoms with Crippen molar-refractivity contribution in [3.8, 4) is 5.75 Å². The maximum atomic E-state index is 12.1. The average molecular weight is 316 g/mol. The molecular weight excluding hydrogens is 297 g/mol. The zero-order chi connectivity index (χ0) is 14.5. The Bertz CT molecular complexity index is 473. The summed E-state index contributed by atoms with van der Waals surface area (Å²) in [6.45, 7) is 1.73. The van der Waals surface area contributed by atoms with Crippen LogP contribution >= 0.6 is 23.2 Å². The molecule has 0 radical (unpaired) electrons. The predicted octanol–water partition coefficient (Wildman–Crippen LogP) is 4.21. The molecule has 110 valence electrons. The molecule has 1 fully saturated rings. The van der Waals surface area contributed by atoms with Crippen LogP contribution in [-0.4, -0.2) is 18.1 Å². The molecule has 1 amide bonds. The molecule has 1 aromatic rings. The van der Waals surface area contributed by atoms with Crippen LogP contribution in [0, 0.1) is 0 Å². The minimum absolute atomic E-state index is 0.0945. The van der Waals surface area contributed by atoms with Crippen molar-refractivity contribution in [1.82, 2.24) is 5.32 Å². The fraction of sp³-hybridized carbons (Fsp3) is 0.533. The molecule has 1 aliphatic carbocycles. The van der Waals surface area contributed by atoms with Crippen LogP contribution in [-0.2, 0) is 4.79 Å². The van der Waals surface area contributed by atoms with Gasteiger partial charge in [0.1, 0.15) is 5.75 Å². The molecule has 1 aliphatic rings. The second-order valence-electron chi connectivity index (χ2n) is 5.18. The first kappa shape index (κ1) is 15.5. The summed E-state index contributed by atoms with van der Waals surface area (Å²) in [6.07, 6.45) is 5.17. The van der Waals surface area contributed by atoms with Gasteiger partial charge in [-0.1, -0.05) is 42.5 Å². The van der Waals surface area contributed by atoms with Crippen molar-refractivity contribution in [2.24, 2.45) is 0 Å². The third-order valence-corrected chi connectivity index (χ3v) is 4.05. The van der Waals surface area contributed by atoms with E-state index in [0.717, 1.165) is 12.8 Å². The highest BCUT2D eigenvalue weighted by atomic mass is 35.5. The van der Waals surface area contributed by atoms with E-state index in [1.807, 2.05) is 0 Å². The van der Waals surface area contributed by atoms with Gasteiger partial charge in [-0.05, 0) is 38.0 Å². The van der Waals surface area contributed by atoms with E-state index in [4.69, 9.17) is 27.9 Å². The number of amides is 1. The quantitative estimate of drug-likeness (QED) is 0.903. The van der Waals surface area contributed by atoms with Crippen LogP contribution in [0.3, 0.4) is 0 Å². The summed E-state index contributed by atoms with van der Waals surface area (Å²) >= 11 is 11.9. The van der Waals surface area contributed by atoms with Gasteiger partial charge in [-0.15, -0.1) is 0 Å². The van der Waals surface area contributed by atoms with E-state index in [1.165, 1.54) is 19.3 Å². The summed E-state index contributed by atoms with van der Waals surface area (Å²) < 4.78 is 5.60. The van der Waals surface area contributed by atoms with Gasteiger partial charge in [-0.3, -0.25) is 4.79 Å². The number of carbonyl (C=O) groups excluding carboxylic acids is 1. The molecule has 0 heterocycles. The van der Waals surface area contributed by atoms with E-state index in [-0.39, 0.29) is 11.9 Å². The molecule has 2 rings (SSSR count). The molecule has 1 N–H and O–H groups in total. The van der Waals surface area contributed by atoms with Crippen molar-refractivity contribution in [3.63, 3.8) is 0 Å². The summed E-state index contributed by atoms with van der Waals surface area (Å²) in [6, 6.07) is 5.25. The lowest BCUT2D eigenvalue weighted by Gasteiger charge is -2.24. The minimum Gasteiger partial charge on any atom is -0.479 e. The molecule has 0 spiro atoms. The smallest absolute Gasteiger partial charge is 0.260 e. The Morgan fingerprint density at radius 2 is 2.00 bits per heavy atom. The summed E-state index contributed by atoms with van der Waals surface area (Å²) in [4.78, 5) is 12.1. The average Bonchev–Trinajstić information content (AvgIpc) is 2.43. The second-order valence-corrected chi connectivity index (χ2v) is 6.02. The summed E-state index contributed by atoms with van der Waals surface area (Å²) in [5.41, 5.74) is 0. The summed E-state index contributed by atoms with van der Waals surface area (Å²) in [5.74, 6) is 0.380. The molecule has 0 saturated heterocycles. The number of hydrogen-bond acceptors (Lipinski definition) is 2. The lowest BCUT2D eigenvalue weighted by Crippen LogP contribution is -2.43. The van der Waals surface area contributed by atoms with Gasteiger partial charge in [-0.2, -0.15) is 0 Å². The van der Waals surface area contributed by atoms with E-state index in [0.29, 0.717) is 15.8 Å². The first-order valence-electron chi connectivity index (χ1n) is 6.98. The molecule has 0 aliphatic heterocycles. The topological polar surface area (TPSA) is 38.3 Å². The maximum Gasteiger partial charge on any atom is 0.260 e. The lowest BCUT2D eigenvalue weighted by atomic mass is 9.95. The molecule has 0 bridgehead atoms. The third kappa shape index (κ3) is 4.29. The van der Waals surface area contributed by atoms with Crippen LogP contribution in [0.5, 0.6) is 5.75 Å². The zero-order valence-electron chi connectivity index (χ0n) is 11.5. The molecule has 1 saturated carbocycles. The Morgan fingerprint density at radius 1 is 1.30 bits per heavy atom. The van der Waals surface area contributed by atoms with Crippen molar-refractivity contribution in [3.05, 3.63) is 28.2 Å². The standard InChI is InChI=1S/C15H19Cl2NO2/c1-10(15(19)18-12-5-3-2-4-6-12)20-14-8-7-11(16)9-13(14)17/h7-10,12H,2-6H2,1H3,(H,18,19)/t10-/m0/s1. The number of halogens is 2. The Morgan fingerprint density at radius 3 is 2.65 bits per heavy atom. The predicted molar refractivity (Wildman–Crippen MR) is 81.6 cm³/mol. The van der Waals surface area contributed by atoms with Gasteiger partial charge in [0.05, 0.1) is 5.02 Å². The van der Waals surface area contributed by atoms with E-state index in [9.17, 15) is 4.79 Å². The van der Waals surface area contributed by atoms with Crippen LogP contribution in [0.15, 0.2) is 18.2 Å². The first-order valence-corrected chi connectivity index (χ1v) is 7.74. The first-order chi connectivity index (χ1) is 9.56. The van der Waals surface area contributed by atoms with Crippen LogP contribution in [0.2, 0.25) is 10.0 Å². The van der Waals surface area contributed by atoms with Gasteiger partial charge in [0.2, 0.25) is 0 Å². The fourth-order valence-electron chi connectivity index (χ4n) is 2.38. The van der Waals surface area contributed by atoms with Gasteiger partial charge in [0.15, 0.2) is 6.10 Å². The van der Waals surface area contributed by atoms with Crippen LogP contribution in [0.4, 0.5) is 0 Å². The molecule has 3 nitrogen and oxygen atoms in total. The Kier molecular flexibility index (Phi) is 5.55. The Hall–Kier alpha value is -0.930. The van der Waals surface area contributed by atoms with Crippen molar-refractivity contribution in [2.45, 2.75) is 51.2 Å². The van der Waals surface area contributed by atoms with E-state index in [1.54, 1.807) is 25.1 Å². The number of nitrogens with one attached hydrogen (secondary N) is 1. The minimum atomic E-state index is -0.574. The molecule has 5 heteroatoms. The molecule has 1 aromatic carbocycles. The van der Waals surface area contributed by atoms with Gasteiger partial charge in [0.25, 0.3) is 5.91 Å². The Balaban J connectivity index is 1.89. The highest BCUT2D eigenvalue weighted by Gasteiger charge is 2.21. The van der Waals surface area contributed by atoms with Crippen molar-refractivity contribution >= 4 is 29.1 Å². The number of carbonyl (C=O) groups is 1. The number of rotatable bonds is 4. The van der Waals surface area contributed by atoms with Crippen LogP contribution < -0.4 is 10.1 Å². The van der Waals surface area contributed by atoms with Crippen LogP contribution in [0.25, 0.3) is 0 Å². The summed E-state index contributed by atoms with van der Waals surface area (Å²) in [7, 11) is 0. The highest BCUT2D eigenvalue weighted by molar-refractivity contribution is 6.35. The lowest BCUT2D eigenvalue weighted by molar-refractivity contribution is -0.128. The van der Waals surface area contributed by atoms with Crippen LogP contribution in [0.1, 0.15) is 39.0 Å². The monoisotopic (exact) mass is 315 g/mol. The van der Waals surface area contributed by atoms with Crippen molar-refractivity contribution in [1.29, 1.82) is 0 Å². The summed E-state index contributed by atoms with van der Waals surface area (Å²) in [5, 5.41) is 3.99.